The van der Waals surface area contributed by atoms with E-state index in [0.29, 0.717) is 18.5 Å². The van der Waals surface area contributed by atoms with Gasteiger partial charge in [0.1, 0.15) is 5.82 Å². The predicted octanol–water partition coefficient (Wildman–Crippen LogP) is 3.16. The molecule has 0 spiro atoms. The van der Waals surface area contributed by atoms with Crippen LogP contribution in [0.2, 0.25) is 0 Å². The van der Waals surface area contributed by atoms with Crippen LogP contribution in [0, 0.1) is 5.82 Å². The van der Waals surface area contributed by atoms with E-state index < -0.39 is 0 Å². The average molecular weight is 301 g/mol. The Hall–Kier alpha value is -2.17. The predicted molar refractivity (Wildman–Crippen MR) is 81.5 cm³/mol. The number of hydrogen-bond donors (Lipinski definition) is 0. The monoisotopic (exact) mass is 301 g/mol. The molecule has 0 radical (unpaired) electrons. The largest absolute Gasteiger partial charge is 0.333 e. The Morgan fingerprint density at radius 1 is 1.41 bits per heavy atom. The standard InChI is InChI=1S/C17H20FN3O/c1-13(15-5-2-3-6-16(15)18)21(14-7-8-14)17(22)9-12-20-11-4-10-19-20/h2-6,10-11,13-14H,7-9,12H2,1H3/t13-/m0/s1. The summed E-state index contributed by atoms with van der Waals surface area (Å²) < 4.78 is 15.8. The van der Waals surface area contributed by atoms with Gasteiger partial charge < -0.3 is 4.90 Å². The van der Waals surface area contributed by atoms with Crippen LogP contribution in [0.4, 0.5) is 4.39 Å². The lowest BCUT2D eigenvalue weighted by molar-refractivity contribution is -0.134. The minimum atomic E-state index is -0.250. The normalized spacial score (nSPS) is 15.5. The van der Waals surface area contributed by atoms with Gasteiger partial charge >= 0.3 is 0 Å². The maximum atomic E-state index is 14.0. The number of halogens is 1. The van der Waals surface area contributed by atoms with E-state index in [9.17, 15) is 9.18 Å². The number of aryl methyl sites for hydroxylation is 1. The quantitative estimate of drug-likeness (QED) is 0.822. The molecule has 1 fully saturated rings. The summed E-state index contributed by atoms with van der Waals surface area (Å²) in [5, 5.41) is 4.11. The Bertz CT molecular complexity index is 637. The second kappa shape index (κ2) is 6.30. The number of benzene rings is 1. The molecule has 5 heteroatoms. The third kappa shape index (κ3) is 3.18. The van der Waals surface area contributed by atoms with E-state index in [4.69, 9.17) is 0 Å². The average Bonchev–Trinajstić information content (AvgIpc) is 3.20. The summed E-state index contributed by atoms with van der Waals surface area (Å²) in [6.45, 7) is 2.46. The Morgan fingerprint density at radius 2 is 2.18 bits per heavy atom. The summed E-state index contributed by atoms with van der Waals surface area (Å²) >= 11 is 0. The molecule has 4 nitrogen and oxygen atoms in total. The van der Waals surface area contributed by atoms with Crippen LogP contribution in [-0.2, 0) is 11.3 Å². The number of carbonyl (C=O) groups is 1. The van der Waals surface area contributed by atoms with Gasteiger partial charge in [-0.05, 0) is 31.9 Å². The smallest absolute Gasteiger partial charge is 0.225 e. The van der Waals surface area contributed by atoms with Gasteiger partial charge in [0.05, 0.1) is 6.04 Å². The molecule has 116 valence electrons. The van der Waals surface area contributed by atoms with Crippen LogP contribution in [0.3, 0.4) is 0 Å². The molecule has 1 aliphatic rings. The lowest BCUT2D eigenvalue weighted by Crippen LogP contribution is -2.36. The second-order valence-electron chi connectivity index (χ2n) is 5.75. The maximum Gasteiger partial charge on any atom is 0.225 e. The number of hydrogen-bond acceptors (Lipinski definition) is 2. The highest BCUT2D eigenvalue weighted by Gasteiger charge is 2.36. The lowest BCUT2D eigenvalue weighted by Gasteiger charge is -2.30. The first kappa shape index (κ1) is 14.8. The molecular weight excluding hydrogens is 281 g/mol. The molecule has 0 bridgehead atoms. The highest BCUT2D eigenvalue weighted by atomic mass is 19.1. The minimum absolute atomic E-state index is 0.0637. The Kier molecular flexibility index (Phi) is 4.22. The van der Waals surface area contributed by atoms with E-state index in [0.717, 1.165) is 12.8 Å². The third-order valence-electron chi connectivity index (χ3n) is 4.11. The molecule has 22 heavy (non-hydrogen) atoms. The molecule has 0 N–H and O–H groups in total. The van der Waals surface area contributed by atoms with Crippen molar-refractivity contribution in [3.63, 3.8) is 0 Å². The molecule has 0 aliphatic heterocycles. The Morgan fingerprint density at radius 3 is 2.82 bits per heavy atom. The minimum Gasteiger partial charge on any atom is -0.333 e. The summed E-state index contributed by atoms with van der Waals surface area (Å²) in [5.74, 6) is -0.186. The topological polar surface area (TPSA) is 38.1 Å². The van der Waals surface area contributed by atoms with Crippen molar-refractivity contribution < 1.29 is 9.18 Å². The van der Waals surface area contributed by atoms with Gasteiger partial charge in [-0.25, -0.2) is 4.39 Å². The van der Waals surface area contributed by atoms with Crippen LogP contribution in [0.1, 0.15) is 37.8 Å². The van der Waals surface area contributed by atoms with Crippen LogP contribution in [0.25, 0.3) is 0 Å². The maximum absolute atomic E-state index is 14.0. The third-order valence-corrected chi connectivity index (χ3v) is 4.11. The molecule has 1 atom stereocenters. The van der Waals surface area contributed by atoms with E-state index in [1.54, 1.807) is 23.0 Å². The second-order valence-corrected chi connectivity index (χ2v) is 5.75. The zero-order valence-electron chi connectivity index (χ0n) is 12.7. The van der Waals surface area contributed by atoms with E-state index in [-0.39, 0.29) is 23.8 Å². The highest BCUT2D eigenvalue weighted by Crippen LogP contribution is 2.35. The van der Waals surface area contributed by atoms with Crippen molar-refractivity contribution in [2.24, 2.45) is 0 Å². The Labute approximate surface area is 129 Å². The molecule has 1 heterocycles. The van der Waals surface area contributed by atoms with Crippen molar-refractivity contribution in [3.8, 4) is 0 Å². The van der Waals surface area contributed by atoms with Crippen molar-refractivity contribution in [1.82, 2.24) is 14.7 Å². The molecule has 0 unspecified atom stereocenters. The summed E-state index contributed by atoms with van der Waals surface area (Å²) in [6, 6.07) is 8.55. The van der Waals surface area contributed by atoms with Gasteiger partial charge in [-0.3, -0.25) is 9.48 Å². The van der Waals surface area contributed by atoms with Gasteiger partial charge in [0.15, 0.2) is 0 Å². The first-order chi connectivity index (χ1) is 10.7. The van der Waals surface area contributed by atoms with Crippen LogP contribution < -0.4 is 0 Å². The van der Waals surface area contributed by atoms with Gasteiger partial charge in [0.2, 0.25) is 5.91 Å². The van der Waals surface area contributed by atoms with Crippen LogP contribution in [-0.4, -0.2) is 26.6 Å². The van der Waals surface area contributed by atoms with Crippen molar-refractivity contribution in [2.75, 3.05) is 0 Å². The SMILES string of the molecule is C[C@@H](c1ccccc1F)N(C(=O)CCn1cccn1)C1CC1. The summed E-state index contributed by atoms with van der Waals surface area (Å²) in [5.41, 5.74) is 0.585. The zero-order valence-corrected chi connectivity index (χ0v) is 12.7. The van der Waals surface area contributed by atoms with E-state index in [2.05, 4.69) is 5.10 Å². The van der Waals surface area contributed by atoms with Gasteiger partial charge in [-0.2, -0.15) is 5.10 Å². The molecule has 3 rings (SSSR count). The lowest BCUT2D eigenvalue weighted by atomic mass is 10.1. The van der Waals surface area contributed by atoms with Gasteiger partial charge in [-0.1, -0.05) is 18.2 Å². The summed E-state index contributed by atoms with van der Waals surface area (Å²) in [6.07, 6.45) is 5.94. The van der Waals surface area contributed by atoms with Gasteiger partial charge in [0.25, 0.3) is 0 Å². The first-order valence-electron chi connectivity index (χ1n) is 7.70. The van der Waals surface area contributed by atoms with E-state index in [1.807, 2.05) is 30.2 Å². The van der Waals surface area contributed by atoms with Gasteiger partial charge in [0, 0.05) is 37.0 Å². The summed E-state index contributed by atoms with van der Waals surface area (Å²) in [4.78, 5) is 14.5. The Balaban J connectivity index is 1.72. The van der Waals surface area contributed by atoms with E-state index >= 15 is 0 Å². The van der Waals surface area contributed by atoms with Crippen LogP contribution in [0.5, 0.6) is 0 Å². The number of amides is 1. The fourth-order valence-corrected chi connectivity index (χ4v) is 2.82. The van der Waals surface area contributed by atoms with Gasteiger partial charge in [-0.15, -0.1) is 0 Å². The molecule has 2 aromatic rings. The first-order valence-corrected chi connectivity index (χ1v) is 7.70. The fourth-order valence-electron chi connectivity index (χ4n) is 2.82. The number of carbonyl (C=O) groups excluding carboxylic acids is 1. The van der Waals surface area contributed by atoms with Crippen LogP contribution >= 0.6 is 0 Å². The summed E-state index contributed by atoms with van der Waals surface area (Å²) in [7, 11) is 0. The molecule has 1 saturated carbocycles. The van der Waals surface area contributed by atoms with Crippen LogP contribution in [0.15, 0.2) is 42.7 Å². The molecule has 0 saturated heterocycles. The molecule has 1 aromatic carbocycles. The number of nitrogens with zero attached hydrogens (tertiary/aromatic N) is 3. The van der Waals surface area contributed by atoms with Crippen molar-refractivity contribution in [2.45, 2.75) is 44.8 Å². The zero-order chi connectivity index (χ0) is 15.5. The molecule has 1 aliphatic carbocycles. The molecular formula is C17H20FN3O. The van der Waals surface area contributed by atoms with Crippen molar-refractivity contribution in [3.05, 3.63) is 54.1 Å². The van der Waals surface area contributed by atoms with E-state index in [1.165, 1.54) is 6.07 Å². The molecule has 1 aromatic heterocycles. The van der Waals surface area contributed by atoms with Crippen molar-refractivity contribution in [1.29, 1.82) is 0 Å². The highest BCUT2D eigenvalue weighted by molar-refractivity contribution is 5.77. The molecule has 1 amide bonds. The van der Waals surface area contributed by atoms with Crippen molar-refractivity contribution >= 4 is 5.91 Å². The number of aromatic nitrogens is 2. The number of rotatable bonds is 6. The fraction of sp³-hybridized carbons (Fsp3) is 0.412.